The molecule has 1 aromatic carbocycles. The second-order valence-corrected chi connectivity index (χ2v) is 4.60. The summed E-state index contributed by atoms with van der Waals surface area (Å²) in [5.74, 6) is -0.231. The van der Waals surface area contributed by atoms with E-state index >= 15 is 0 Å². The second kappa shape index (κ2) is 5.14. The highest BCUT2D eigenvalue weighted by Gasteiger charge is 2.15. The van der Waals surface area contributed by atoms with Crippen LogP contribution in [-0.2, 0) is 0 Å². The molecule has 0 bridgehead atoms. The average Bonchev–Trinajstić information content (AvgIpc) is 2.77. The minimum absolute atomic E-state index is 0.0649. The molecule has 100 valence electrons. The highest BCUT2D eigenvalue weighted by molar-refractivity contribution is 5.84. The van der Waals surface area contributed by atoms with Gasteiger partial charge in [0.1, 0.15) is 12.0 Å². The van der Waals surface area contributed by atoms with E-state index in [1.807, 2.05) is 25.1 Å². The molecule has 0 radical (unpaired) electrons. The average molecular weight is 261 g/mol. The van der Waals surface area contributed by atoms with Crippen molar-refractivity contribution in [1.82, 2.24) is 4.98 Å². The summed E-state index contributed by atoms with van der Waals surface area (Å²) in [5.41, 5.74) is 1.89. The molecule has 2 rings (SSSR count). The SMILES string of the molecule is Cc1ccc(C(C)C)c(Oc2nc(C(=O)O)co2)c1. The number of rotatable bonds is 4. The van der Waals surface area contributed by atoms with E-state index in [9.17, 15) is 4.79 Å². The first kappa shape index (κ1) is 13.1. The third-order valence-electron chi connectivity index (χ3n) is 2.69. The number of ether oxygens (including phenoxy) is 1. The Bertz CT molecular complexity index is 601. The molecule has 0 amide bonds. The zero-order valence-corrected chi connectivity index (χ0v) is 11.0. The Morgan fingerprint density at radius 1 is 1.42 bits per heavy atom. The molecule has 0 saturated heterocycles. The first-order chi connectivity index (χ1) is 8.97. The van der Waals surface area contributed by atoms with Crippen molar-refractivity contribution in [2.75, 3.05) is 0 Å². The van der Waals surface area contributed by atoms with Crippen LogP contribution >= 0.6 is 0 Å². The summed E-state index contributed by atoms with van der Waals surface area (Å²) in [5, 5.41) is 8.77. The van der Waals surface area contributed by atoms with Crippen LogP contribution < -0.4 is 4.74 Å². The number of carbonyl (C=O) groups is 1. The van der Waals surface area contributed by atoms with Crippen LogP contribution in [-0.4, -0.2) is 16.1 Å². The van der Waals surface area contributed by atoms with E-state index in [1.165, 1.54) is 0 Å². The number of aryl methyl sites for hydroxylation is 1. The summed E-state index contributed by atoms with van der Waals surface area (Å²) >= 11 is 0. The van der Waals surface area contributed by atoms with E-state index in [0.29, 0.717) is 5.75 Å². The van der Waals surface area contributed by atoms with Gasteiger partial charge in [-0.25, -0.2) is 4.79 Å². The minimum atomic E-state index is -1.15. The second-order valence-electron chi connectivity index (χ2n) is 4.60. The van der Waals surface area contributed by atoms with E-state index in [1.54, 1.807) is 0 Å². The molecule has 0 aliphatic heterocycles. The predicted molar refractivity (Wildman–Crippen MR) is 68.8 cm³/mol. The highest BCUT2D eigenvalue weighted by Crippen LogP contribution is 2.31. The third-order valence-corrected chi connectivity index (χ3v) is 2.69. The summed E-state index contributed by atoms with van der Waals surface area (Å²) in [7, 11) is 0. The monoisotopic (exact) mass is 261 g/mol. The summed E-state index contributed by atoms with van der Waals surface area (Å²) in [4.78, 5) is 14.5. The topological polar surface area (TPSA) is 72.6 Å². The molecular weight excluding hydrogens is 246 g/mol. The van der Waals surface area contributed by atoms with Gasteiger partial charge in [0.25, 0.3) is 0 Å². The van der Waals surface area contributed by atoms with E-state index in [0.717, 1.165) is 17.4 Å². The molecule has 19 heavy (non-hydrogen) atoms. The van der Waals surface area contributed by atoms with E-state index in [2.05, 4.69) is 18.8 Å². The van der Waals surface area contributed by atoms with Gasteiger partial charge in [0, 0.05) is 0 Å². The number of hydrogen-bond donors (Lipinski definition) is 1. The van der Waals surface area contributed by atoms with Crippen LogP contribution in [0.25, 0.3) is 0 Å². The van der Waals surface area contributed by atoms with Crippen LogP contribution in [0, 0.1) is 6.92 Å². The Kier molecular flexibility index (Phi) is 3.55. The van der Waals surface area contributed by atoms with Gasteiger partial charge in [-0.1, -0.05) is 26.0 Å². The molecular formula is C14H15NO4. The Labute approximate surface area is 110 Å². The lowest BCUT2D eigenvalue weighted by molar-refractivity contribution is 0.0690. The van der Waals surface area contributed by atoms with Gasteiger partial charge >= 0.3 is 12.0 Å². The maximum Gasteiger partial charge on any atom is 0.399 e. The maximum absolute atomic E-state index is 10.7. The lowest BCUT2D eigenvalue weighted by atomic mass is 10.0. The normalized spacial score (nSPS) is 10.7. The number of oxazole rings is 1. The summed E-state index contributed by atoms with van der Waals surface area (Å²) < 4.78 is 10.5. The van der Waals surface area contributed by atoms with Gasteiger partial charge in [-0.2, -0.15) is 4.98 Å². The third kappa shape index (κ3) is 2.93. The van der Waals surface area contributed by atoms with Gasteiger partial charge < -0.3 is 14.3 Å². The molecule has 0 saturated carbocycles. The smallest absolute Gasteiger partial charge is 0.399 e. The molecule has 1 heterocycles. The summed E-state index contributed by atoms with van der Waals surface area (Å²) in [6.45, 7) is 6.06. The Morgan fingerprint density at radius 2 is 2.16 bits per heavy atom. The quantitative estimate of drug-likeness (QED) is 0.910. The molecule has 1 aromatic heterocycles. The van der Waals surface area contributed by atoms with Gasteiger partial charge in [-0.15, -0.1) is 0 Å². The number of nitrogens with zero attached hydrogens (tertiary/aromatic N) is 1. The van der Waals surface area contributed by atoms with Crippen LogP contribution in [0.1, 0.15) is 41.4 Å². The lowest BCUT2D eigenvalue weighted by Gasteiger charge is -2.12. The molecule has 0 spiro atoms. The van der Waals surface area contributed by atoms with E-state index < -0.39 is 5.97 Å². The zero-order chi connectivity index (χ0) is 14.0. The van der Waals surface area contributed by atoms with Crippen LogP contribution in [0.3, 0.4) is 0 Å². The largest absolute Gasteiger partial charge is 0.476 e. The van der Waals surface area contributed by atoms with Crippen molar-refractivity contribution in [1.29, 1.82) is 0 Å². The molecule has 0 unspecified atom stereocenters. The van der Waals surface area contributed by atoms with Crippen LogP contribution in [0.15, 0.2) is 28.9 Å². The van der Waals surface area contributed by atoms with Crippen molar-refractivity contribution in [3.05, 3.63) is 41.3 Å². The van der Waals surface area contributed by atoms with Crippen LogP contribution in [0.4, 0.5) is 0 Å². The molecule has 2 aromatic rings. The van der Waals surface area contributed by atoms with Crippen LogP contribution in [0.2, 0.25) is 0 Å². The number of carboxylic acid groups (broad SMARTS) is 1. The zero-order valence-electron chi connectivity index (χ0n) is 11.0. The van der Waals surface area contributed by atoms with Gasteiger partial charge in [-0.05, 0) is 30.0 Å². The number of carboxylic acids is 1. The standard InChI is InChI=1S/C14H15NO4/c1-8(2)10-5-4-9(3)6-12(10)19-14-15-11(7-18-14)13(16)17/h4-8H,1-3H3,(H,16,17). The van der Waals surface area contributed by atoms with Crippen molar-refractivity contribution in [2.24, 2.45) is 0 Å². The fourth-order valence-corrected chi connectivity index (χ4v) is 1.70. The highest BCUT2D eigenvalue weighted by atomic mass is 16.6. The van der Waals surface area contributed by atoms with E-state index in [4.69, 9.17) is 14.3 Å². The van der Waals surface area contributed by atoms with Gasteiger partial charge in [-0.3, -0.25) is 0 Å². The van der Waals surface area contributed by atoms with Crippen molar-refractivity contribution in [3.8, 4) is 11.8 Å². The maximum atomic E-state index is 10.7. The summed E-state index contributed by atoms with van der Waals surface area (Å²) in [6.07, 6.45) is 0.993. The first-order valence-corrected chi connectivity index (χ1v) is 5.94. The number of aromatic nitrogens is 1. The fourth-order valence-electron chi connectivity index (χ4n) is 1.70. The number of hydrogen-bond acceptors (Lipinski definition) is 4. The van der Waals surface area contributed by atoms with Crippen LogP contribution in [0.5, 0.6) is 11.8 Å². The van der Waals surface area contributed by atoms with Crippen molar-refractivity contribution >= 4 is 5.97 Å². The van der Waals surface area contributed by atoms with Gasteiger partial charge in [0.05, 0.1) is 0 Å². The molecule has 5 nitrogen and oxygen atoms in total. The first-order valence-electron chi connectivity index (χ1n) is 5.94. The minimum Gasteiger partial charge on any atom is -0.476 e. The van der Waals surface area contributed by atoms with Crippen molar-refractivity contribution < 1.29 is 19.1 Å². The Hall–Kier alpha value is -2.30. The molecule has 5 heteroatoms. The molecule has 0 aliphatic rings. The lowest BCUT2D eigenvalue weighted by Crippen LogP contribution is -1.97. The number of benzene rings is 1. The summed E-state index contributed by atoms with van der Waals surface area (Å²) in [6, 6.07) is 5.86. The van der Waals surface area contributed by atoms with Crippen molar-refractivity contribution in [3.63, 3.8) is 0 Å². The van der Waals surface area contributed by atoms with Gasteiger partial charge in [0.15, 0.2) is 5.69 Å². The molecule has 0 atom stereocenters. The predicted octanol–water partition coefficient (Wildman–Crippen LogP) is 3.60. The Morgan fingerprint density at radius 3 is 2.74 bits per heavy atom. The molecule has 0 aliphatic carbocycles. The van der Waals surface area contributed by atoms with E-state index in [-0.39, 0.29) is 17.7 Å². The Balaban J connectivity index is 2.31. The molecule has 1 N–H and O–H groups in total. The van der Waals surface area contributed by atoms with Crippen molar-refractivity contribution in [2.45, 2.75) is 26.7 Å². The number of aromatic carboxylic acids is 1. The molecule has 0 fully saturated rings. The fraction of sp³-hybridized carbons (Fsp3) is 0.286. The van der Waals surface area contributed by atoms with Gasteiger partial charge in [0.2, 0.25) is 0 Å².